The predicted octanol–water partition coefficient (Wildman–Crippen LogP) is 4.89. The summed E-state index contributed by atoms with van der Waals surface area (Å²) in [5.41, 5.74) is 1.92. The van der Waals surface area contributed by atoms with Gasteiger partial charge >= 0.3 is 5.97 Å². The van der Waals surface area contributed by atoms with E-state index < -0.39 is 5.97 Å². The Balaban J connectivity index is 1.42. The first-order chi connectivity index (χ1) is 13.2. The molecule has 1 heterocycles. The Labute approximate surface area is 157 Å². The third-order valence-electron chi connectivity index (χ3n) is 4.75. The number of carboxylic acids is 1. The normalized spacial score (nSPS) is 11.1. The fourth-order valence-electron chi connectivity index (χ4n) is 3.49. The minimum atomic E-state index is -0.808. The van der Waals surface area contributed by atoms with E-state index in [4.69, 9.17) is 9.84 Å². The second-order valence-electron chi connectivity index (χ2n) is 6.65. The molecule has 0 saturated heterocycles. The third-order valence-corrected chi connectivity index (χ3v) is 4.75. The molecular formula is C23H21NO3. The summed E-state index contributed by atoms with van der Waals surface area (Å²) in [6, 6.07) is 22.3. The number of fused-ring (bicyclic) bond motifs is 2. The van der Waals surface area contributed by atoms with Crippen molar-refractivity contribution in [3.8, 4) is 5.75 Å². The summed E-state index contributed by atoms with van der Waals surface area (Å²) in [6.45, 7) is 1.40. The lowest BCUT2D eigenvalue weighted by atomic mass is 10.1. The van der Waals surface area contributed by atoms with Crippen LogP contribution < -0.4 is 4.74 Å². The van der Waals surface area contributed by atoms with Gasteiger partial charge in [0.05, 0.1) is 13.0 Å². The Kier molecular flexibility index (Phi) is 4.79. The first-order valence-electron chi connectivity index (χ1n) is 9.11. The first-order valence-corrected chi connectivity index (χ1v) is 9.11. The molecule has 136 valence electrons. The van der Waals surface area contributed by atoms with E-state index in [2.05, 4.69) is 28.8 Å². The van der Waals surface area contributed by atoms with E-state index in [-0.39, 0.29) is 6.42 Å². The highest BCUT2D eigenvalue weighted by Gasteiger charge is 2.10. The standard InChI is InChI=1S/C23H21NO3/c25-23(26)15-19-16-24(22-9-4-3-8-21(19)22)12-5-13-27-20-11-10-17-6-1-2-7-18(17)14-20/h1-4,6-11,14,16H,5,12-13,15H2,(H,25,26). The van der Waals surface area contributed by atoms with Crippen molar-refractivity contribution in [2.45, 2.75) is 19.4 Å². The summed E-state index contributed by atoms with van der Waals surface area (Å²) >= 11 is 0. The average molecular weight is 359 g/mol. The topological polar surface area (TPSA) is 51.5 Å². The number of para-hydroxylation sites is 1. The second kappa shape index (κ2) is 7.54. The molecule has 0 spiro atoms. The molecule has 0 amide bonds. The van der Waals surface area contributed by atoms with E-state index in [1.165, 1.54) is 10.8 Å². The lowest BCUT2D eigenvalue weighted by Gasteiger charge is -2.09. The fourth-order valence-corrected chi connectivity index (χ4v) is 3.49. The largest absolute Gasteiger partial charge is 0.494 e. The van der Waals surface area contributed by atoms with Gasteiger partial charge in [-0.25, -0.2) is 0 Å². The quantitative estimate of drug-likeness (QED) is 0.478. The van der Waals surface area contributed by atoms with E-state index in [0.717, 1.165) is 35.2 Å². The summed E-state index contributed by atoms with van der Waals surface area (Å²) < 4.78 is 8.03. The molecule has 0 bridgehead atoms. The van der Waals surface area contributed by atoms with Gasteiger partial charge in [-0.2, -0.15) is 0 Å². The van der Waals surface area contributed by atoms with Crippen LogP contribution in [0.15, 0.2) is 72.9 Å². The molecule has 1 N–H and O–H groups in total. The molecule has 0 atom stereocenters. The van der Waals surface area contributed by atoms with Crippen molar-refractivity contribution in [2.75, 3.05) is 6.61 Å². The van der Waals surface area contributed by atoms with Gasteiger partial charge in [0.1, 0.15) is 5.75 Å². The Hall–Kier alpha value is -3.27. The molecule has 3 aromatic carbocycles. The number of benzene rings is 3. The Morgan fingerprint density at radius 2 is 1.74 bits per heavy atom. The number of carboxylic acid groups (broad SMARTS) is 1. The van der Waals surface area contributed by atoms with Gasteiger partial charge in [0, 0.05) is 23.6 Å². The first kappa shape index (κ1) is 17.2. The number of hydrogen-bond donors (Lipinski definition) is 1. The van der Waals surface area contributed by atoms with Crippen LogP contribution >= 0.6 is 0 Å². The molecule has 27 heavy (non-hydrogen) atoms. The van der Waals surface area contributed by atoms with E-state index in [0.29, 0.717) is 6.61 Å². The van der Waals surface area contributed by atoms with Gasteiger partial charge in [0.25, 0.3) is 0 Å². The van der Waals surface area contributed by atoms with Crippen LogP contribution in [0.1, 0.15) is 12.0 Å². The Morgan fingerprint density at radius 1 is 0.963 bits per heavy atom. The molecule has 1 aromatic heterocycles. The van der Waals surface area contributed by atoms with Crippen LogP contribution in [0, 0.1) is 0 Å². The van der Waals surface area contributed by atoms with Gasteiger partial charge in [-0.1, -0.05) is 48.5 Å². The van der Waals surface area contributed by atoms with Gasteiger partial charge in [0.2, 0.25) is 0 Å². The Morgan fingerprint density at radius 3 is 2.59 bits per heavy atom. The molecule has 0 unspecified atom stereocenters. The summed E-state index contributed by atoms with van der Waals surface area (Å²) in [5.74, 6) is 0.0650. The molecule has 0 radical (unpaired) electrons. The summed E-state index contributed by atoms with van der Waals surface area (Å²) in [7, 11) is 0. The van der Waals surface area contributed by atoms with Crippen molar-refractivity contribution in [1.82, 2.24) is 4.57 Å². The monoisotopic (exact) mass is 359 g/mol. The number of hydrogen-bond acceptors (Lipinski definition) is 2. The summed E-state index contributed by atoms with van der Waals surface area (Å²) in [5, 5.41) is 12.5. The zero-order chi connectivity index (χ0) is 18.6. The molecule has 4 nitrogen and oxygen atoms in total. The van der Waals surface area contributed by atoms with Gasteiger partial charge in [0.15, 0.2) is 0 Å². The average Bonchev–Trinajstić information content (AvgIpc) is 3.02. The molecule has 0 aliphatic heterocycles. The van der Waals surface area contributed by atoms with Gasteiger partial charge < -0.3 is 14.4 Å². The van der Waals surface area contributed by atoms with Crippen LogP contribution in [0.2, 0.25) is 0 Å². The molecule has 4 heteroatoms. The van der Waals surface area contributed by atoms with E-state index >= 15 is 0 Å². The lowest BCUT2D eigenvalue weighted by Crippen LogP contribution is -2.04. The number of carbonyl (C=O) groups is 1. The molecule has 0 saturated carbocycles. The molecule has 4 rings (SSSR count). The highest BCUT2D eigenvalue weighted by Crippen LogP contribution is 2.23. The lowest BCUT2D eigenvalue weighted by molar-refractivity contribution is -0.136. The second-order valence-corrected chi connectivity index (χ2v) is 6.65. The number of nitrogens with zero attached hydrogens (tertiary/aromatic N) is 1. The summed E-state index contributed by atoms with van der Waals surface area (Å²) in [4.78, 5) is 11.1. The maximum absolute atomic E-state index is 11.1. The maximum Gasteiger partial charge on any atom is 0.307 e. The highest BCUT2D eigenvalue weighted by atomic mass is 16.5. The molecule has 4 aromatic rings. The minimum Gasteiger partial charge on any atom is -0.494 e. The van der Waals surface area contributed by atoms with Crippen molar-refractivity contribution in [2.24, 2.45) is 0 Å². The minimum absolute atomic E-state index is 0.0428. The smallest absolute Gasteiger partial charge is 0.307 e. The number of ether oxygens (including phenoxy) is 1. The van der Waals surface area contributed by atoms with Gasteiger partial charge in [-0.3, -0.25) is 4.79 Å². The molecule has 0 aliphatic carbocycles. The van der Waals surface area contributed by atoms with E-state index in [1.807, 2.05) is 48.7 Å². The zero-order valence-electron chi connectivity index (χ0n) is 15.0. The van der Waals surface area contributed by atoms with Crippen molar-refractivity contribution in [3.63, 3.8) is 0 Å². The van der Waals surface area contributed by atoms with Crippen molar-refractivity contribution < 1.29 is 14.6 Å². The van der Waals surface area contributed by atoms with Crippen LogP contribution in [0.4, 0.5) is 0 Å². The SMILES string of the molecule is O=C(O)Cc1cn(CCCOc2ccc3ccccc3c2)c2ccccc12. The molecular weight excluding hydrogens is 338 g/mol. The molecule has 0 fully saturated rings. The van der Waals surface area contributed by atoms with Crippen LogP contribution in [0.25, 0.3) is 21.7 Å². The van der Waals surface area contributed by atoms with Crippen molar-refractivity contribution >= 4 is 27.6 Å². The van der Waals surface area contributed by atoms with Crippen LogP contribution in [-0.4, -0.2) is 22.2 Å². The van der Waals surface area contributed by atoms with E-state index in [9.17, 15) is 4.79 Å². The number of aryl methyl sites for hydroxylation is 1. The van der Waals surface area contributed by atoms with Crippen molar-refractivity contribution in [1.29, 1.82) is 0 Å². The number of aromatic nitrogens is 1. The fraction of sp³-hybridized carbons (Fsp3) is 0.174. The third kappa shape index (κ3) is 3.80. The van der Waals surface area contributed by atoms with Crippen LogP contribution in [0.3, 0.4) is 0 Å². The maximum atomic E-state index is 11.1. The predicted molar refractivity (Wildman–Crippen MR) is 107 cm³/mol. The number of rotatable bonds is 7. The van der Waals surface area contributed by atoms with Gasteiger partial charge in [-0.15, -0.1) is 0 Å². The Bertz CT molecular complexity index is 1100. The summed E-state index contributed by atoms with van der Waals surface area (Å²) in [6.07, 6.45) is 2.84. The van der Waals surface area contributed by atoms with Gasteiger partial charge in [-0.05, 0) is 41.0 Å². The number of aliphatic carboxylic acids is 1. The molecule has 0 aliphatic rings. The van der Waals surface area contributed by atoms with Crippen LogP contribution in [-0.2, 0) is 17.8 Å². The van der Waals surface area contributed by atoms with E-state index in [1.54, 1.807) is 0 Å². The van der Waals surface area contributed by atoms with Crippen molar-refractivity contribution in [3.05, 3.63) is 78.5 Å². The highest BCUT2D eigenvalue weighted by molar-refractivity contribution is 5.87. The zero-order valence-corrected chi connectivity index (χ0v) is 15.0. The van der Waals surface area contributed by atoms with Crippen LogP contribution in [0.5, 0.6) is 5.75 Å².